The van der Waals surface area contributed by atoms with Gasteiger partial charge in [-0.05, 0) is 13.3 Å². The molecule has 1 aliphatic heterocycles. The van der Waals surface area contributed by atoms with E-state index in [0.717, 1.165) is 36.6 Å². The first kappa shape index (κ1) is 15.2. The van der Waals surface area contributed by atoms with Gasteiger partial charge < -0.3 is 9.88 Å². The van der Waals surface area contributed by atoms with Crippen LogP contribution in [0.5, 0.6) is 0 Å². The van der Waals surface area contributed by atoms with Gasteiger partial charge in [0.05, 0.1) is 16.9 Å². The smallest absolute Gasteiger partial charge is 0.263 e. The Hall–Kier alpha value is -1.69. The highest BCUT2D eigenvalue weighted by atomic mass is 32.1. The van der Waals surface area contributed by atoms with E-state index < -0.39 is 0 Å². The van der Waals surface area contributed by atoms with E-state index in [1.54, 1.807) is 5.51 Å². The molecule has 2 aromatic heterocycles. The number of nitrogens with zero attached hydrogens (tertiary/aromatic N) is 3. The summed E-state index contributed by atoms with van der Waals surface area (Å²) in [6.07, 6.45) is 3.97. The zero-order chi connectivity index (χ0) is 15.9. The normalized spacial score (nSPS) is 18.1. The quantitative estimate of drug-likeness (QED) is 0.926. The summed E-state index contributed by atoms with van der Waals surface area (Å²) >= 11 is 1.40. The number of fused-ring (bicyclic) bond motifs is 1. The maximum Gasteiger partial charge on any atom is 0.263 e. The molecule has 118 valence electrons. The van der Waals surface area contributed by atoms with Gasteiger partial charge in [-0.2, -0.15) is 0 Å². The molecule has 1 atom stereocenters. The summed E-state index contributed by atoms with van der Waals surface area (Å²) in [4.78, 5) is 21.9. The Morgan fingerprint density at radius 3 is 2.86 bits per heavy atom. The third-order valence-corrected chi connectivity index (χ3v) is 4.98. The minimum absolute atomic E-state index is 0.00962. The number of nitrogens with one attached hydrogen (secondary N) is 1. The number of aromatic nitrogens is 3. The molecule has 0 fully saturated rings. The van der Waals surface area contributed by atoms with Crippen LogP contribution in [0.2, 0.25) is 0 Å². The van der Waals surface area contributed by atoms with Crippen LogP contribution in [-0.4, -0.2) is 26.5 Å². The SMILES string of the molecule is Cc1ncsc1C(=O)N[C@H]1CCc2nc(C(C)(C)C)cn2C1. The summed E-state index contributed by atoms with van der Waals surface area (Å²) < 4.78 is 2.19. The van der Waals surface area contributed by atoms with Crippen molar-refractivity contribution in [2.75, 3.05) is 0 Å². The van der Waals surface area contributed by atoms with Gasteiger partial charge in [-0.1, -0.05) is 20.8 Å². The van der Waals surface area contributed by atoms with E-state index in [1.165, 1.54) is 11.3 Å². The van der Waals surface area contributed by atoms with E-state index in [0.29, 0.717) is 4.88 Å². The summed E-state index contributed by atoms with van der Waals surface area (Å²) in [6.45, 7) is 9.19. The van der Waals surface area contributed by atoms with Crippen LogP contribution < -0.4 is 5.32 Å². The molecule has 0 aromatic carbocycles. The Bertz CT molecular complexity index is 695. The maximum atomic E-state index is 12.3. The Morgan fingerprint density at radius 1 is 1.45 bits per heavy atom. The number of hydrogen-bond donors (Lipinski definition) is 1. The second kappa shape index (κ2) is 5.50. The van der Waals surface area contributed by atoms with Gasteiger partial charge in [0.25, 0.3) is 5.91 Å². The second-order valence-electron chi connectivity index (χ2n) is 6.92. The lowest BCUT2D eigenvalue weighted by Crippen LogP contribution is -2.40. The topological polar surface area (TPSA) is 59.8 Å². The van der Waals surface area contributed by atoms with Crippen molar-refractivity contribution in [1.82, 2.24) is 19.9 Å². The maximum absolute atomic E-state index is 12.3. The van der Waals surface area contributed by atoms with Crippen molar-refractivity contribution < 1.29 is 4.79 Å². The van der Waals surface area contributed by atoms with E-state index >= 15 is 0 Å². The van der Waals surface area contributed by atoms with E-state index in [-0.39, 0.29) is 17.4 Å². The van der Waals surface area contributed by atoms with Gasteiger partial charge in [0.1, 0.15) is 10.7 Å². The molecule has 0 aliphatic carbocycles. The number of amides is 1. The van der Waals surface area contributed by atoms with E-state index in [9.17, 15) is 4.79 Å². The van der Waals surface area contributed by atoms with Crippen molar-refractivity contribution in [2.45, 2.75) is 58.5 Å². The van der Waals surface area contributed by atoms with Crippen LogP contribution in [0.4, 0.5) is 0 Å². The van der Waals surface area contributed by atoms with Crippen molar-refractivity contribution in [3.63, 3.8) is 0 Å². The fourth-order valence-electron chi connectivity index (χ4n) is 2.69. The standard InChI is InChI=1S/C16H22N4OS/c1-10-14(22-9-17-10)15(21)18-11-5-6-13-19-12(16(2,3)4)8-20(13)7-11/h8-9,11H,5-7H2,1-4H3,(H,18,21)/t11-/m0/s1. The van der Waals surface area contributed by atoms with Crippen molar-refractivity contribution >= 4 is 17.2 Å². The average molecular weight is 318 g/mol. The van der Waals surface area contributed by atoms with Crippen molar-refractivity contribution in [3.05, 3.63) is 33.8 Å². The van der Waals surface area contributed by atoms with Gasteiger partial charge in [-0.15, -0.1) is 11.3 Å². The molecular weight excluding hydrogens is 296 g/mol. The van der Waals surface area contributed by atoms with Gasteiger partial charge >= 0.3 is 0 Å². The molecule has 3 rings (SSSR count). The Labute approximate surface area is 134 Å². The van der Waals surface area contributed by atoms with Gasteiger partial charge in [0, 0.05) is 30.6 Å². The first-order valence-corrected chi connectivity index (χ1v) is 8.50. The first-order chi connectivity index (χ1) is 10.3. The number of imidazole rings is 1. The summed E-state index contributed by atoms with van der Waals surface area (Å²) in [5, 5.41) is 3.13. The first-order valence-electron chi connectivity index (χ1n) is 7.62. The fraction of sp³-hybridized carbons (Fsp3) is 0.562. The Kier molecular flexibility index (Phi) is 3.80. The molecule has 0 radical (unpaired) electrons. The van der Waals surface area contributed by atoms with Crippen LogP contribution in [0.15, 0.2) is 11.7 Å². The van der Waals surface area contributed by atoms with Crippen LogP contribution in [-0.2, 0) is 18.4 Å². The van der Waals surface area contributed by atoms with Crippen LogP contribution in [0.25, 0.3) is 0 Å². The number of carbonyl (C=O) groups is 1. The number of thiazole rings is 1. The van der Waals surface area contributed by atoms with Crippen LogP contribution in [0, 0.1) is 6.92 Å². The molecule has 0 saturated carbocycles. The minimum atomic E-state index is -0.00962. The lowest BCUT2D eigenvalue weighted by atomic mass is 9.93. The third-order valence-electron chi connectivity index (χ3n) is 4.05. The lowest BCUT2D eigenvalue weighted by molar-refractivity contribution is 0.0931. The molecule has 0 bridgehead atoms. The van der Waals surface area contributed by atoms with Crippen molar-refractivity contribution in [1.29, 1.82) is 0 Å². The van der Waals surface area contributed by atoms with E-state index in [4.69, 9.17) is 4.98 Å². The molecule has 5 nitrogen and oxygen atoms in total. The molecule has 1 amide bonds. The number of carbonyl (C=O) groups excluding carboxylic acids is 1. The van der Waals surface area contributed by atoms with Crippen LogP contribution >= 0.6 is 11.3 Å². The molecule has 3 heterocycles. The molecule has 1 aliphatic rings. The molecule has 0 saturated heterocycles. The zero-order valence-electron chi connectivity index (χ0n) is 13.5. The number of hydrogen-bond acceptors (Lipinski definition) is 4. The molecule has 0 unspecified atom stereocenters. The van der Waals surface area contributed by atoms with E-state index in [1.807, 2.05) is 6.92 Å². The summed E-state index contributed by atoms with van der Waals surface area (Å²) in [5.74, 6) is 1.12. The van der Waals surface area contributed by atoms with Crippen LogP contribution in [0.1, 0.15) is 54.1 Å². The highest BCUT2D eigenvalue weighted by molar-refractivity contribution is 7.11. The monoisotopic (exact) mass is 318 g/mol. The summed E-state index contributed by atoms with van der Waals surface area (Å²) in [6, 6.07) is 0.156. The fourth-order valence-corrected chi connectivity index (χ4v) is 3.40. The average Bonchev–Trinajstić information content (AvgIpc) is 3.03. The highest BCUT2D eigenvalue weighted by Crippen LogP contribution is 2.24. The summed E-state index contributed by atoms with van der Waals surface area (Å²) in [5.41, 5.74) is 3.70. The van der Waals surface area contributed by atoms with Gasteiger partial charge in [0.2, 0.25) is 0 Å². The Morgan fingerprint density at radius 2 is 2.23 bits per heavy atom. The predicted molar refractivity (Wildman–Crippen MR) is 87.4 cm³/mol. The number of rotatable bonds is 2. The zero-order valence-corrected chi connectivity index (χ0v) is 14.3. The molecule has 1 N–H and O–H groups in total. The third kappa shape index (κ3) is 2.92. The molecule has 0 spiro atoms. The van der Waals surface area contributed by atoms with Gasteiger partial charge in [-0.3, -0.25) is 4.79 Å². The molecule has 6 heteroatoms. The van der Waals surface area contributed by atoms with Crippen molar-refractivity contribution in [2.24, 2.45) is 0 Å². The summed E-state index contributed by atoms with van der Waals surface area (Å²) in [7, 11) is 0. The lowest BCUT2D eigenvalue weighted by Gasteiger charge is -2.24. The molecule has 2 aromatic rings. The predicted octanol–water partition coefficient (Wildman–Crippen LogP) is 2.69. The largest absolute Gasteiger partial charge is 0.347 e. The Balaban J connectivity index is 1.71. The highest BCUT2D eigenvalue weighted by Gasteiger charge is 2.26. The van der Waals surface area contributed by atoms with Gasteiger partial charge in [0.15, 0.2) is 0 Å². The number of aryl methyl sites for hydroxylation is 2. The molecule has 22 heavy (non-hydrogen) atoms. The minimum Gasteiger partial charge on any atom is -0.347 e. The van der Waals surface area contributed by atoms with Crippen LogP contribution in [0.3, 0.4) is 0 Å². The second-order valence-corrected chi connectivity index (χ2v) is 7.78. The van der Waals surface area contributed by atoms with E-state index in [2.05, 4.69) is 41.8 Å². The van der Waals surface area contributed by atoms with Gasteiger partial charge in [-0.25, -0.2) is 9.97 Å². The molecular formula is C16H22N4OS. The van der Waals surface area contributed by atoms with Crippen molar-refractivity contribution in [3.8, 4) is 0 Å².